The zero-order valence-electron chi connectivity index (χ0n) is 5.55. The van der Waals surface area contributed by atoms with Crippen LogP contribution in [0.5, 0.6) is 0 Å². The second-order valence-corrected chi connectivity index (χ2v) is 6.05. The van der Waals surface area contributed by atoms with Crippen molar-refractivity contribution in [3.63, 3.8) is 0 Å². The molecule has 0 aliphatic carbocycles. The molecule has 0 aromatic carbocycles. The fourth-order valence-electron chi connectivity index (χ4n) is 0.257. The quantitative estimate of drug-likeness (QED) is 0.147. The monoisotopic (exact) mass is 231 g/mol. The highest BCUT2D eigenvalue weighted by molar-refractivity contribution is 8.63. The highest BCUT2D eigenvalue weighted by Gasteiger charge is 2.43. The number of hydrogen-bond donors (Lipinski definition) is 1. The highest BCUT2D eigenvalue weighted by atomic mass is 33.2. The van der Waals surface area contributed by atoms with Crippen LogP contribution in [-0.2, 0) is 18.2 Å². The van der Waals surface area contributed by atoms with Crippen molar-refractivity contribution in [2.75, 3.05) is 0 Å². The number of hydrazine groups is 1. The number of nitro groups is 1. The van der Waals surface area contributed by atoms with Crippen molar-refractivity contribution in [2.45, 2.75) is 0 Å². The average molecular weight is 231 g/mol. The Morgan fingerprint density at radius 1 is 1.38 bits per heavy atom. The largest absolute Gasteiger partial charge is 0.429 e. The summed E-state index contributed by atoms with van der Waals surface area (Å²) in [6, 6.07) is 0. The van der Waals surface area contributed by atoms with Gasteiger partial charge < -0.3 is 0 Å². The van der Waals surface area contributed by atoms with Crippen LogP contribution in [0.25, 0.3) is 0 Å². The standard InChI is InChI=1S/CHN3O7S2/c2-1-3(4(5)6)12(7,8)13(9,10)11/h(H,9,10,11). The Hall–Kier alpha value is -1.45. The molecule has 0 aromatic heterocycles. The van der Waals surface area contributed by atoms with Crippen molar-refractivity contribution in [3.05, 3.63) is 10.1 Å². The molecule has 0 atom stereocenters. The number of nitriles is 1. The van der Waals surface area contributed by atoms with Crippen LogP contribution in [0.15, 0.2) is 0 Å². The molecule has 0 spiro atoms. The first-order chi connectivity index (χ1) is 5.64. The number of rotatable bonds is 3. The lowest BCUT2D eigenvalue weighted by atomic mass is 11.4. The smallest absolute Gasteiger partial charge is 0.272 e. The Morgan fingerprint density at radius 2 is 1.77 bits per heavy atom. The molecule has 0 fully saturated rings. The van der Waals surface area contributed by atoms with Gasteiger partial charge in [0.2, 0.25) is 0 Å². The molecule has 0 radical (unpaired) electrons. The van der Waals surface area contributed by atoms with Crippen LogP contribution in [0.1, 0.15) is 0 Å². The van der Waals surface area contributed by atoms with Gasteiger partial charge in [0, 0.05) is 0 Å². The summed E-state index contributed by atoms with van der Waals surface area (Å²) in [6.07, 6.45) is 0.455. The third-order valence-corrected chi connectivity index (χ3v) is 3.90. The van der Waals surface area contributed by atoms with Crippen molar-refractivity contribution in [1.29, 1.82) is 5.26 Å². The molecule has 0 heterocycles. The van der Waals surface area contributed by atoms with Gasteiger partial charge in [0.1, 0.15) is 4.41 Å². The first-order valence-electron chi connectivity index (χ1n) is 2.21. The molecule has 0 saturated carbocycles. The fourth-order valence-corrected chi connectivity index (χ4v) is 1.50. The summed E-state index contributed by atoms with van der Waals surface area (Å²) < 4.78 is 47.7. The molecule has 10 nitrogen and oxygen atoms in total. The first-order valence-corrected chi connectivity index (χ1v) is 5.61. The lowest BCUT2D eigenvalue weighted by Gasteiger charge is -2.01. The van der Waals surface area contributed by atoms with Gasteiger partial charge in [-0.05, 0) is 0 Å². The summed E-state index contributed by atoms with van der Waals surface area (Å²) in [5.74, 6) is 0. The number of hydrogen-bond acceptors (Lipinski definition) is 7. The van der Waals surface area contributed by atoms with Crippen LogP contribution < -0.4 is 0 Å². The van der Waals surface area contributed by atoms with E-state index in [-0.39, 0.29) is 0 Å². The lowest BCUT2D eigenvalue weighted by molar-refractivity contribution is -0.600. The van der Waals surface area contributed by atoms with E-state index in [0.717, 1.165) is 0 Å². The minimum absolute atomic E-state index is 0.455. The molecule has 0 bridgehead atoms. The maximum absolute atomic E-state index is 10.4. The van der Waals surface area contributed by atoms with Crippen LogP contribution in [0.2, 0.25) is 0 Å². The third-order valence-electron chi connectivity index (χ3n) is 0.712. The average Bonchev–Trinajstić information content (AvgIpc) is 1.83. The topological polar surface area (TPSA) is 159 Å². The molecule has 13 heavy (non-hydrogen) atoms. The van der Waals surface area contributed by atoms with E-state index in [1.54, 1.807) is 0 Å². The molecular formula is CHN3O7S2. The number of nitrogens with zero attached hydrogens (tertiary/aromatic N) is 3. The molecule has 0 aliphatic rings. The third kappa shape index (κ3) is 2.02. The summed E-state index contributed by atoms with van der Waals surface area (Å²) in [7, 11) is -11.4. The van der Waals surface area contributed by atoms with Crippen LogP contribution in [0.3, 0.4) is 0 Å². The molecule has 0 aliphatic heterocycles. The summed E-state index contributed by atoms with van der Waals surface area (Å²) >= 11 is 0. The summed E-state index contributed by atoms with van der Waals surface area (Å²) in [6.45, 7) is 0. The summed E-state index contributed by atoms with van der Waals surface area (Å²) in [5.41, 5.74) is 0. The van der Waals surface area contributed by atoms with Crippen molar-refractivity contribution in [1.82, 2.24) is 4.41 Å². The maximum atomic E-state index is 10.4. The molecule has 0 rings (SSSR count). The minimum atomic E-state index is -5.72. The van der Waals surface area contributed by atoms with Gasteiger partial charge >= 0.3 is 18.2 Å². The van der Waals surface area contributed by atoms with E-state index in [1.807, 2.05) is 0 Å². The second-order valence-electron chi connectivity index (χ2n) is 1.47. The van der Waals surface area contributed by atoms with E-state index in [1.165, 1.54) is 0 Å². The second kappa shape index (κ2) is 3.12. The molecule has 0 amide bonds. The van der Waals surface area contributed by atoms with E-state index in [2.05, 4.69) is 0 Å². The van der Waals surface area contributed by atoms with Crippen LogP contribution in [-0.4, -0.2) is 30.8 Å². The molecule has 0 saturated heterocycles. The van der Waals surface area contributed by atoms with Gasteiger partial charge in [0.15, 0.2) is 5.03 Å². The van der Waals surface area contributed by atoms with Crippen LogP contribution in [0.4, 0.5) is 0 Å². The van der Waals surface area contributed by atoms with Gasteiger partial charge in [0.05, 0.1) is 0 Å². The van der Waals surface area contributed by atoms with Gasteiger partial charge in [-0.1, -0.05) is 0 Å². The van der Waals surface area contributed by atoms with E-state index in [9.17, 15) is 26.9 Å². The van der Waals surface area contributed by atoms with Gasteiger partial charge in [-0.15, -0.1) is 0 Å². The van der Waals surface area contributed by atoms with Crippen molar-refractivity contribution in [2.24, 2.45) is 0 Å². The maximum Gasteiger partial charge on any atom is 0.429 e. The van der Waals surface area contributed by atoms with E-state index in [4.69, 9.17) is 9.81 Å². The molecule has 0 aromatic rings. The van der Waals surface area contributed by atoms with Gasteiger partial charge in [-0.3, -0.25) is 4.55 Å². The lowest BCUT2D eigenvalue weighted by Crippen LogP contribution is -2.36. The minimum Gasteiger partial charge on any atom is -0.272 e. The summed E-state index contributed by atoms with van der Waals surface area (Å²) in [4.78, 5) is 9.78. The van der Waals surface area contributed by atoms with Crippen LogP contribution >= 0.6 is 0 Å². The van der Waals surface area contributed by atoms with Crippen molar-refractivity contribution < 1.29 is 26.4 Å². The Bertz CT molecular complexity index is 450. The van der Waals surface area contributed by atoms with Crippen LogP contribution in [0, 0.1) is 21.6 Å². The van der Waals surface area contributed by atoms with Gasteiger partial charge in [0.25, 0.3) is 6.19 Å². The summed E-state index contributed by atoms with van der Waals surface area (Å²) in [5, 5.41) is 15.9. The van der Waals surface area contributed by atoms with Gasteiger partial charge in [-0.2, -0.15) is 22.1 Å². The Morgan fingerprint density at radius 3 is 1.85 bits per heavy atom. The zero-order chi connectivity index (χ0) is 10.9. The van der Waals surface area contributed by atoms with Gasteiger partial charge in [-0.25, -0.2) is 10.1 Å². The molecule has 1 N–H and O–H groups in total. The Kier molecular flexibility index (Phi) is 2.78. The predicted octanol–water partition coefficient (Wildman–Crippen LogP) is -1.91. The van der Waals surface area contributed by atoms with E-state index in [0.29, 0.717) is 6.19 Å². The highest BCUT2D eigenvalue weighted by Crippen LogP contribution is 2.06. The normalized spacial score (nSPS) is 11.7. The zero-order valence-corrected chi connectivity index (χ0v) is 7.19. The first kappa shape index (κ1) is 11.6. The van der Waals surface area contributed by atoms with E-state index < -0.39 is 27.7 Å². The van der Waals surface area contributed by atoms with Crippen molar-refractivity contribution >= 4 is 18.2 Å². The fraction of sp³-hybridized carbons (Fsp3) is 0. The molecule has 0 unspecified atom stereocenters. The molecule has 12 heteroatoms. The Balaban J connectivity index is 5.60. The van der Waals surface area contributed by atoms with Crippen molar-refractivity contribution in [3.8, 4) is 6.19 Å². The Labute approximate surface area is 71.3 Å². The SMILES string of the molecule is N#CN([N+](=O)[O-])S(=O)(=O)S(=O)(=O)O. The molecular weight excluding hydrogens is 230 g/mol. The van der Waals surface area contributed by atoms with E-state index >= 15 is 0 Å². The molecule has 74 valence electrons. The predicted molar refractivity (Wildman–Crippen MR) is 34.9 cm³/mol.